The van der Waals surface area contributed by atoms with Gasteiger partial charge in [-0.25, -0.2) is 10.2 Å². The molecule has 0 saturated carbocycles. The Morgan fingerprint density at radius 2 is 1.85 bits per heavy atom. The van der Waals surface area contributed by atoms with Crippen LogP contribution in [0.4, 0.5) is 10.5 Å². The first kappa shape index (κ1) is 14.2. The van der Waals surface area contributed by atoms with Gasteiger partial charge < -0.3 is 9.47 Å². The number of hydrazine groups is 1. The third kappa shape index (κ3) is 3.89. The average molecular weight is 337 g/mol. The number of hydrogen-bond acceptors (Lipinski definition) is 4. The highest BCUT2D eigenvalue weighted by Gasteiger charge is 2.09. The first-order valence-electron chi connectivity index (χ1n) is 5.81. The summed E-state index contributed by atoms with van der Waals surface area (Å²) in [6.07, 6.45) is -0.630. The Bertz CT molecular complexity index is 590. The van der Waals surface area contributed by atoms with Gasteiger partial charge >= 0.3 is 6.09 Å². The Balaban J connectivity index is 1.95. The number of methoxy groups -OCH3 is 1. The van der Waals surface area contributed by atoms with Crippen LogP contribution in [0.3, 0.4) is 0 Å². The number of para-hydroxylation sites is 1. The number of carbonyl (C=O) groups excluding carboxylic acids is 1. The second kappa shape index (κ2) is 6.81. The molecule has 0 heterocycles. The van der Waals surface area contributed by atoms with Gasteiger partial charge in [-0.1, -0.05) is 34.1 Å². The van der Waals surface area contributed by atoms with Crippen molar-refractivity contribution >= 4 is 27.7 Å². The molecule has 2 N–H and O–H groups in total. The minimum Gasteiger partial charge on any atom is -0.493 e. The molecular formula is C14H13BrN2O3. The monoisotopic (exact) mass is 336 g/mol. The molecule has 2 aromatic carbocycles. The van der Waals surface area contributed by atoms with Crippen molar-refractivity contribution in [2.24, 2.45) is 0 Å². The van der Waals surface area contributed by atoms with Gasteiger partial charge in [0.2, 0.25) is 0 Å². The molecule has 0 bridgehead atoms. The topological polar surface area (TPSA) is 59.6 Å². The van der Waals surface area contributed by atoms with E-state index in [0.29, 0.717) is 11.5 Å². The van der Waals surface area contributed by atoms with Crippen LogP contribution in [0.2, 0.25) is 0 Å². The lowest BCUT2D eigenvalue weighted by molar-refractivity contribution is 0.200. The molecule has 1 amide bonds. The highest BCUT2D eigenvalue weighted by atomic mass is 79.9. The second-order valence-corrected chi connectivity index (χ2v) is 4.72. The number of hydrogen-bond donors (Lipinski definition) is 2. The van der Waals surface area contributed by atoms with E-state index in [-0.39, 0.29) is 0 Å². The molecule has 0 fully saturated rings. The summed E-state index contributed by atoms with van der Waals surface area (Å²) < 4.78 is 11.1. The Hall–Kier alpha value is -2.21. The number of benzene rings is 2. The molecule has 0 radical (unpaired) electrons. The van der Waals surface area contributed by atoms with E-state index in [0.717, 1.165) is 10.2 Å². The van der Waals surface area contributed by atoms with Crippen LogP contribution >= 0.6 is 15.9 Å². The maximum Gasteiger partial charge on any atom is 0.431 e. The average Bonchev–Trinajstić information content (AvgIpc) is 2.48. The van der Waals surface area contributed by atoms with Gasteiger partial charge in [0, 0.05) is 4.47 Å². The zero-order chi connectivity index (χ0) is 14.4. The molecule has 0 aromatic heterocycles. The van der Waals surface area contributed by atoms with E-state index >= 15 is 0 Å². The molecule has 0 spiro atoms. The van der Waals surface area contributed by atoms with Crippen molar-refractivity contribution in [3.05, 3.63) is 53.0 Å². The number of carbonyl (C=O) groups is 1. The predicted molar refractivity (Wildman–Crippen MR) is 79.9 cm³/mol. The van der Waals surface area contributed by atoms with Gasteiger partial charge in [-0.05, 0) is 30.3 Å². The molecule has 0 aliphatic heterocycles. The largest absolute Gasteiger partial charge is 0.493 e. The molecule has 0 unspecified atom stereocenters. The molecule has 5 nitrogen and oxygen atoms in total. The van der Waals surface area contributed by atoms with Gasteiger partial charge in [0.1, 0.15) is 0 Å². The van der Waals surface area contributed by atoms with Crippen LogP contribution in [-0.4, -0.2) is 13.2 Å². The van der Waals surface area contributed by atoms with Crippen LogP contribution in [0.25, 0.3) is 0 Å². The summed E-state index contributed by atoms with van der Waals surface area (Å²) in [5.74, 6) is 0.803. The lowest BCUT2D eigenvalue weighted by atomic mass is 10.3. The smallest absolute Gasteiger partial charge is 0.431 e. The maximum absolute atomic E-state index is 11.7. The molecule has 0 saturated heterocycles. The van der Waals surface area contributed by atoms with E-state index in [4.69, 9.17) is 9.47 Å². The Kier molecular flexibility index (Phi) is 4.84. The molecule has 20 heavy (non-hydrogen) atoms. The van der Waals surface area contributed by atoms with Crippen molar-refractivity contribution in [1.82, 2.24) is 5.43 Å². The minimum atomic E-state index is -0.630. The Morgan fingerprint density at radius 1 is 1.10 bits per heavy atom. The number of amides is 1. The van der Waals surface area contributed by atoms with E-state index in [2.05, 4.69) is 26.8 Å². The predicted octanol–water partition coefficient (Wildman–Crippen LogP) is 3.57. The number of ether oxygens (including phenoxy) is 2. The number of rotatable bonds is 4. The molecule has 104 valence electrons. The Morgan fingerprint density at radius 3 is 2.55 bits per heavy atom. The van der Waals surface area contributed by atoms with E-state index in [9.17, 15) is 4.79 Å². The summed E-state index contributed by atoms with van der Waals surface area (Å²) in [6.45, 7) is 0. The highest BCUT2D eigenvalue weighted by molar-refractivity contribution is 9.10. The van der Waals surface area contributed by atoms with Gasteiger partial charge in [-0.2, -0.15) is 0 Å². The van der Waals surface area contributed by atoms with E-state index in [1.807, 2.05) is 30.3 Å². The van der Waals surface area contributed by atoms with Crippen molar-refractivity contribution < 1.29 is 14.3 Å². The van der Waals surface area contributed by atoms with E-state index in [1.54, 1.807) is 18.2 Å². The zero-order valence-electron chi connectivity index (χ0n) is 10.7. The normalized spacial score (nSPS) is 9.70. The number of halogens is 1. The third-order valence-corrected chi connectivity index (χ3v) is 2.90. The standard InChI is InChI=1S/C14H13BrN2O3/c1-19-13-9-10(15)7-8-12(13)20-14(18)17-16-11-5-3-2-4-6-11/h2-9,16H,1H3,(H,17,18). The van der Waals surface area contributed by atoms with Crippen molar-refractivity contribution in [3.8, 4) is 11.5 Å². The number of anilines is 1. The van der Waals surface area contributed by atoms with Gasteiger partial charge in [-0.3, -0.25) is 5.43 Å². The molecule has 6 heteroatoms. The summed E-state index contributed by atoms with van der Waals surface area (Å²) in [6, 6.07) is 14.4. The summed E-state index contributed by atoms with van der Waals surface area (Å²) >= 11 is 3.32. The van der Waals surface area contributed by atoms with Gasteiger partial charge in [0.25, 0.3) is 0 Å². The van der Waals surface area contributed by atoms with Crippen LogP contribution < -0.4 is 20.3 Å². The van der Waals surface area contributed by atoms with Crippen LogP contribution in [0.15, 0.2) is 53.0 Å². The van der Waals surface area contributed by atoms with Crippen molar-refractivity contribution in [3.63, 3.8) is 0 Å². The molecular weight excluding hydrogens is 324 g/mol. The van der Waals surface area contributed by atoms with Gasteiger partial charge in [-0.15, -0.1) is 0 Å². The molecule has 0 atom stereocenters. The van der Waals surface area contributed by atoms with E-state index in [1.165, 1.54) is 7.11 Å². The summed E-state index contributed by atoms with van der Waals surface area (Å²) in [7, 11) is 1.51. The van der Waals surface area contributed by atoms with Crippen LogP contribution in [-0.2, 0) is 0 Å². The fraction of sp³-hybridized carbons (Fsp3) is 0.0714. The van der Waals surface area contributed by atoms with Gasteiger partial charge in [0.05, 0.1) is 12.8 Å². The first-order valence-corrected chi connectivity index (χ1v) is 6.61. The fourth-order valence-corrected chi connectivity index (χ4v) is 1.84. The summed E-state index contributed by atoms with van der Waals surface area (Å²) in [4.78, 5) is 11.7. The Labute approximate surface area is 125 Å². The van der Waals surface area contributed by atoms with Crippen LogP contribution in [0, 0.1) is 0 Å². The van der Waals surface area contributed by atoms with E-state index < -0.39 is 6.09 Å². The lowest BCUT2D eigenvalue weighted by Crippen LogP contribution is -2.32. The minimum absolute atomic E-state index is 0.336. The lowest BCUT2D eigenvalue weighted by Gasteiger charge is -2.11. The molecule has 0 aliphatic carbocycles. The molecule has 0 aliphatic rings. The number of nitrogens with one attached hydrogen (secondary N) is 2. The SMILES string of the molecule is COc1cc(Br)ccc1OC(=O)NNc1ccccc1. The van der Waals surface area contributed by atoms with Crippen LogP contribution in [0.1, 0.15) is 0 Å². The molecule has 2 aromatic rings. The highest BCUT2D eigenvalue weighted by Crippen LogP contribution is 2.30. The second-order valence-electron chi connectivity index (χ2n) is 3.80. The zero-order valence-corrected chi connectivity index (χ0v) is 12.3. The van der Waals surface area contributed by atoms with Crippen molar-refractivity contribution in [2.45, 2.75) is 0 Å². The third-order valence-electron chi connectivity index (χ3n) is 2.41. The van der Waals surface area contributed by atoms with Crippen LogP contribution in [0.5, 0.6) is 11.5 Å². The van der Waals surface area contributed by atoms with Crippen molar-refractivity contribution in [1.29, 1.82) is 0 Å². The molecule has 2 rings (SSSR count). The van der Waals surface area contributed by atoms with Gasteiger partial charge in [0.15, 0.2) is 11.5 Å². The first-order chi connectivity index (χ1) is 9.69. The summed E-state index contributed by atoms with van der Waals surface area (Å²) in [5, 5.41) is 0. The summed E-state index contributed by atoms with van der Waals surface area (Å²) in [5.41, 5.74) is 5.93. The van der Waals surface area contributed by atoms with Crippen molar-refractivity contribution in [2.75, 3.05) is 12.5 Å². The maximum atomic E-state index is 11.7. The fourth-order valence-electron chi connectivity index (χ4n) is 1.50. The quantitative estimate of drug-likeness (QED) is 0.838.